The van der Waals surface area contributed by atoms with E-state index in [1.807, 2.05) is 18.2 Å². The fourth-order valence-electron chi connectivity index (χ4n) is 2.97. The molecule has 1 N–H and O–H groups in total. The summed E-state index contributed by atoms with van der Waals surface area (Å²) in [5, 5.41) is 2.88. The predicted molar refractivity (Wildman–Crippen MR) is 112 cm³/mol. The highest BCUT2D eigenvalue weighted by Crippen LogP contribution is 2.29. The lowest BCUT2D eigenvalue weighted by Gasteiger charge is -2.24. The number of nitrogens with zero attached hydrogens (tertiary/aromatic N) is 1. The Kier molecular flexibility index (Phi) is 7.87. The van der Waals surface area contributed by atoms with Crippen molar-refractivity contribution >= 4 is 21.6 Å². The number of para-hydroxylation sites is 2. The Balaban J connectivity index is 2.03. The third-order valence-electron chi connectivity index (χ3n) is 4.57. The molecule has 1 atom stereocenters. The van der Waals surface area contributed by atoms with E-state index in [1.165, 1.54) is 12.7 Å². The number of sulfonamides is 1. The molecule has 0 radical (unpaired) electrons. The zero-order valence-electron chi connectivity index (χ0n) is 16.6. The number of nitrogens with one attached hydrogen (secondary N) is 1. The molecule has 152 valence electrons. The van der Waals surface area contributed by atoms with Crippen LogP contribution >= 0.6 is 0 Å². The van der Waals surface area contributed by atoms with Gasteiger partial charge >= 0.3 is 0 Å². The normalized spacial score (nSPS) is 12.2. The van der Waals surface area contributed by atoms with Crippen molar-refractivity contribution in [3.8, 4) is 5.75 Å². The van der Waals surface area contributed by atoms with Gasteiger partial charge in [-0.3, -0.25) is 9.10 Å². The largest absolute Gasteiger partial charge is 0.495 e. The summed E-state index contributed by atoms with van der Waals surface area (Å²) in [5.74, 6) is 0.336. The molecule has 0 spiro atoms. The summed E-state index contributed by atoms with van der Waals surface area (Å²) >= 11 is 0. The maximum Gasteiger partial charge on any atom is 0.240 e. The molecule has 0 fully saturated rings. The smallest absolute Gasteiger partial charge is 0.240 e. The molecule has 2 aromatic rings. The number of methoxy groups -OCH3 is 1. The number of ether oxygens (including phenoxy) is 1. The van der Waals surface area contributed by atoms with Crippen molar-refractivity contribution in [1.82, 2.24) is 5.32 Å². The summed E-state index contributed by atoms with van der Waals surface area (Å²) < 4.78 is 30.8. The molecule has 0 saturated heterocycles. The Bertz CT molecular complexity index is 869. The number of carbonyl (C=O) groups is 1. The molecule has 0 heterocycles. The van der Waals surface area contributed by atoms with Gasteiger partial charge in [0.25, 0.3) is 0 Å². The van der Waals surface area contributed by atoms with Crippen molar-refractivity contribution in [2.24, 2.45) is 5.92 Å². The molecule has 1 amide bonds. The Hall–Kier alpha value is -2.54. The Labute approximate surface area is 167 Å². The number of anilines is 1. The van der Waals surface area contributed by atoms with Gasteiger partial charge in [-0.2, -0.15) is 0 Å². The van der Waals surface area contributed by atoms with Crippen LogP contribution in [0, 0.1) is 5.92 Å². The summed E-state index contributed by atoms with van der Waals surface area (Å²) in [6.07, 6.45) is 2.86. The van der Waals surface area contributed by atoms with E-state index in [-0.39, 0.29) is 18.4 Å². The van der Waals surface area contributed by atoms with E-state index in [0.29, 0.717) is 18.0 Å². The molecule has 0 aromatic heterocycles. The molecule has 0 aliphatic heterocycles. The Morgan fingerprint density at radius 1 is 1.11 bits per heavy atom. The maximum absolute atomic E-state index is 12.5. The molecule has 0 saturated carbocycles. The van der Waals surface area contributed by atoms with Crippen molar-refractivity contribution in [3.05, 3.63) is 60.2 Å². The number of hydrogen-bond acceptors (Lipinski definition) is 4. The van der Waals surface area contributed by atoms with Gasteiger partial charge in [0.2, 0.25) is 15.9 Å². The lowest BCUT2D eigenvalue weighted by atomic mass is 9.97. The van der Waals surface area contributed by atoms with Crippen LogP contribution in [-0.4, -0.2) is 40.8 Å². The maximum atomic E-state index is 12.5. The summed E-state index contributed by atoms with van der Waals surface area (Å²) in [7, 11) is -2.18. The molecule has 2 aromatic carbocycles. The summed E-state index contributed by atoms with van der Waals surface area (Å²) in [4.78, 5) is 12.5. The minimum atomic E-state index is -3.65. The molecule has 0 bridgehead atoms. The first-order chi connectivity index (χ1) is 13.3. The van der Waals surface area contributed by atoms with Gasteiger partial charge in [-0.05, 0) is 30.0 Å². The van der Waals surface area contributed by atoms with E-state index < -0.39 is 10.0 Å². The van der Waals surface area contributed by atoms with E-state index in [0.717, 1.165) is 23.4 Å². The molecule has 7 heteroatoms. The fourth-order valence-corrected chi connectivity index (χ4v) is 3.83. The van der Waals surface area contributed by atoms with Gasteiger partial charge in [-0.25, -0.2) is 8.42 Å². The molecule has 2 rings (SSSR count). The van der Waals surface area contributed by atoms with Crippen LogP contribution in [0.5, 0.6) is 5.75 Å². The first-order valence-corrected chi connectivity index (χ1v) is 11.1. The van der Waals surface area contributed by atoms with Gasteiger partial charge < -0.3 is 10.1 Å². The average molecular weight is 405 g/mol. The second-order valence-electron chi connectivity index (χ2n) is 6.71. The lowest BCUT2D eigenvalue weighted by molar-refractivity contribution is -0.119. The van der Waals surface area contributed by atoms with Gasteiger partial charge in [0.05, 0.1) is 19.1 Å². The fraction of sp³-hybridized carbons (Fsp3) is 0.381. The zero-order chi connectivity index (χ0) is 20.6. The van der Waals surface area contributed by atoms with Crippen LogP contribution < -0.4 is 14.4 Å². The SMILES string of the molecule is CCC(CNC(=O)CN(c1ccccc1OC)S(C)(=O)=O)Cc1ccccc1. The van der Waals surface area contributed by atoms with Crippen LogP contribution in [0.1, 0.15) is 18.9 Å². The van der Waals surface area contributed by atoms with Gasteiger partial charge in [0.1, 0.15) is 12.3 Å². The minimum absolute atomic E-state index is 0.282. The highest BCUT2D eigenvalue weighted by Gasteiger charge is 2.24. The van der Waals surface area contributed by atoms with E-state index in [9.17, 15) is 13.2 Å². The third kappa shape index (κ3) is 6.27. The van der Waals surface area contributed by atoms with Crippen molar-refractivity contribution < 1.29 is 17.9 Å². The van der Waals surface area contributed by atoms with E-state index in [2.05, 4.69) is 24.4 Å². The van der Waals surface area contributed by atoms with Gasteiger partial charge in [0.15, 0.2) is 0 Å². The Morgan fingerprint density at radius 3 is 2.36 bits per heavy atom. The van der Waals surface area contributed by atoms with Gasteiger partial charge in [-0.1, -0.05) is 55.8 Å². The van der Waals surface area contributed by atoms with E-state index >= 15 is 0 Å². The number of benzene rings is 2. The van der Waals surface area contributed by atoms with Crippen molar-refractivity contribution in [2.75, 3.05) is 30.8 Å². The lowest BCUT2D eigenvalue weighted by Crippen LogP contribution is -2.42. The predicted octanol–water partition coefficient (Wildman–Crippen LogP) is 2.85. The van der Waals surface area contributed by atoms with Crippen molar-refractivity contribution in [2.45, 2.75) is 19.8 Å². The van der Waals surface area contributed by atoms with Crippen molar-refractivity contribution in [3.63, 3.8) is 0 Å². The van der Waals surface area contributed by atoms with Crippen LogP contribution in [0.25, 0.3) is 0 Å². The summed E-state index contributed by atoms with van der Waals surface area (Å²) in [6, 6.07) is 16.9. The minimum Gasteiger partial charge on any atom is -0.495 e. The van der Waals surface area contributed by atoms with Gasteiger partial charge in [0, 0.05) is 6.54 Å². The highest BCUT2D eigenvalue weighted by atomic mass is 32.2. The summed E-state index contributed by atoms with van der Waals surface area (Å²) in [5.41, 5.74) is 1.56. The van der Waals surface area contributed by atoms with Crippen LogP contribution in [0.15, 0.2) is 54.6 Å². The number of hydrogen-bond donors (Lipinski definition) is 1. The molecule has 1 unspecified atom stereocenters. The molecule has 28 heavy (non-hydrogen) atoms. The number of carbonyl (C=O) groups excluding carboxylic acids is 1. The quantitative estimate of drug-likeness (QED) is 0.661. The molecule has 0 aliphatic rings. The van der Waals surface area contributed by atoms with Crippen molar-refractivity contribution in [1.29, 1.82) is 0 Å². The van der Waals surface area contributed by atoms with E-state index in [4.69, 9.17) is 4.74 Å². The first-order valence-electron chi connectivity index (χ1n) is 9.26. The molecule has 0 aliphatic carbocycles. The third-order valence-corrected chi connectivity index (χ3v) is 5.70. The second-order valence-corrected chi connectivity index (χ2v) is 8.62. The number of rotatable bonds is 10. The monoisotopic (exact) mass is 404 g/mol. The average Bonchev–Trinajstić information content (AvgIpc) is 2.69. The van der Waals surface area contributed by atoms with Crippen LogP contribution in [0.4, 0.5) is 5.69 Å². The molecular formula is C21H28N2O4S. The zero-order valence-corrected chi connectivity index (χ0v) is 17.4. The van der Waals surface area contributed by atoms with Crippen LogP contribution in [-0.2, 0) is 21.2 Å². The second kappa shape index (κ2) is 10.1. The molecular weight excluding hydrogens is 376 g/mol. The number of amides is 1. The standard InChI is InChI=1S/C21H28N2O4S/c1-4-17(14-18-10-6-5-7-11-18)15-22-21(24)16-23(28(3,25)26)19-12-8-9-13-20(19)27-2/h5-13,17H,4,14-16H2,1-3H3,(H,22,24). The van der Waals surface area contributed by atoms with Crippen LogP contribution in [0.2, 0.25) is 0 Å². The Morgan fingerprint density at radius 2 is 1.75 bits per heavy atom. The van der Waals surface area contributed by atoms with Gasteiger partial charge in [-0.15, -0.1) is 0 Å². The topological polar surface area (TPSA) is 75.7 Å². The first kappa shape index (κ1) is 21.8. The van der Waals surface area contributed by atoms with E-state index in [1.54, 1.807) is 24.3 Å². The molecule has 6 nitrogen and oxygen atoms in total. The highest BCUT2D eigenvalue weighted by molar-refractivity contribution is 7.92. The summed E-state index contributed by atoms with van der Waals surface area (Å²) in [6.45, 7) is 2.28. The van der Waals surface area contributed by atoms with Crippen LogP contribution in [0.3, 0.4) is 0 Å².